The molecule has 0 aromatic heterocycles. The third kappa shape index (κ3) is 4.81. The van der Waals surface area contributed by atoms with Gasteiger partial charge in [-0.15, -0.1) is 0 Å². The molecule has 21 heavy (non-hydrogen) atoms. The number of halogens is 2. The van der Waals surface area contributed by atoms with Gasteiger partial charge in [-0.1, -0.05) is 46.3 Å². The van der Waals surface area contributed by atoms with Crippen LogP contribution in [0.5, 0.6) is 5.75 Å². The molecule has 0 fully saturated rings. The zero-order chi connectivity index (χ0) is 15.2. The van der Waals surface area contributed by atoms with Crippen LogP contribution in [-0.4, -0.2) is 23.9 Å². The van der Waals surface area contributed by atoms with Crippen molar-refractivity contribution in [2.45, 2.75) is 18.6 Å². The first-order valence-corrected chi connectivity index (χ1v) is 7.41. The fourth-order valence-corrected chi connectivity index (χ4v) is 2.25. The molecule has 5 heteroatoms. The summed E-state index contributed by atoms with van der Waals surface area (Å²) in [6.07, 6.45) is -0.331. The molecule has 0 aliphatic rings. The first-order valence-electron chi connectivity index (χ1n) is 6.61. The van der Waals surface area contributed by atoms with Crippen LogP contribution >= 0.6 is 15.9 Å². The van der Waals surface area contributed by atoms with Crippen LogP contribution in [0.25, 0.3) is 0 Å². The summed E-state index contributed by atoms with van der Waals surface area (Å²) in [6.45, 7) is -0.0491. The van der Waals surface area contributed by atoms with Crippen molar-refractivity contribution in [3.63, 3.8) is 0 Å². The summed E-state index contributed by atoms with van der Waals surface area (Å²) in [4.78, 5) is 0. The smallest absolute Gasteiger partial charge is 0.166 e. The Balaban J connectivity index is 1.87. The lowest BCUT2D eigenvalue weighted by Crippen LogP contribution is -2.40. The van der Waals surface area contributed by atoms with Crippen LogP contribution in [0.15, 0.2) is 53.0 Å². The highest BCUT2D eigenvalue weighted by atomic mass is 79.9. The van der Waals surface area contributed by atoms with E-state index < -0.39 is 18.0 Å². The number of nitrogens with two attached hydrogens (primary N) is 1. The van der Waals surface area contributed by atoms with Gasteiger partial charge in [-0.25, -0.2) is 4.39 Å². The number of benzene rings is 2. The molecule has 0 radical (unpaired) electrons. The van der Waals surface area contributed by atoms with Gasteiger partial charge in [-0.2, -0.15) is 0 Å². The Morgan fingerprint density at radius 1 is 1.19 bits per heavy atom. The van der Waals surface area contributed by atoms with Crippen molar-refractivity contribution in [3.8, 4) is 5.75 Å². The summed E-state index contributed by atoms with van der Waals surface area (Å²) in [6, 6.07) is 13.7. The second-order valence-corrected chi connectivity index (χ2v) is 5.72. The van der Waals surface area contributed by atoms with Gasteiger partial charge in [0.15, 0.2) is 11.6 Å². The van der Waals surface area contributed by atoms with E-state index in [-0.39, 0.29) is 12.4 Å². The van der Waals surface area contributed by atoms with Crippen molar-refractivity contribution < 1.29 is 14.2 Å². The van der Waals surface area contributed by atoms with Crippen LogP contribution < -0.4 is 10.5 Å². The molecule has 0 aliphatic carbocycles. The first-order chi connectivity index (χ1) is 10.1. The van der Waals surface area contributed by atoms with Gasteiger partial charge < -0.3 is 15.6 Å². The number of rotatable bonds is 6. The van der Waals surface area contributed by atoms with E-state index >= 15 is 0 Å². The molecule has 0 spiro atoms. The molecule has 2 aromatic rings. The van der Waals surface area contributed by atoms with Gasteiger partial charge >= 0.3 is 0 Å². The number of aliphatic hydroxyl groups excluding tert-OH is 1. The van der Waals surface area contributed by atoms with Crippen LogP contribution in [0.4, 0.5) is 4.39 Å². The predicted molar refractivity (Wildman–Crippen MR) is 83.7 cm³/mol. The van der Waals surface area contributed by atoms with E-state index in [0.717, 1.165) is 5.56 Å². The Morgan fingerprint density at radius 2 is 1.90 bits per heavy atom. The van der Waals surface area contributed by atoms with Gasteiger partial charge in [0.05, 0.1) is 0 Å². The third-order valence-corrected chi connectivity index (χ3v) is 3.61. The summed E-state index contributed by atoms with van der Waals surface area (Å²) in [5.74, 6) is -0.377. The van der Waals surface area contributed by atoms with Gasteiger partial charge in [-0.05, 0) is 30.2 Å². The molecular weight excluding hydrogens is 337 g/mol. The highest BCUT2D eigenvalue weighted by Gasteiger charge is 2.17. The van der Waals surface area contributed by atoms with E-state index in [2.05, 4.69) is 15.9 Å². The average molecular weight is 354 g/mol. The lowest BCUT2D eigenvalue weighted by Gasteiger charge is -2.19. The summed E-state index contributed by atoms with van der Waals surface area (Å²) in [7, 11) is 0. The van der Waals surface area contributed by atoms with E-state index in [4.69, 9.17) is 10.5 Å². The van der Waals surface area contributed by atoms with Crippen LogP contribution in [0.1, 0.15) is 5.56 Å². The number of hydrogen-bond donors (Lipinski definition) is 2. The van der Waals surface area contributed by atoms with Crippen LogP contribution in [0.2, 0.25) is 0 Å². The summed E-state index contributed by atoms with van der Waals surface area (Å²) in [5.41, 5.74) is 6.98. The maximum absolute atomic E-state index is 13.6. The zero-order valence-electron chi connectivity index (χ0n) is 11.4. The molecule has 3 N–H and O–H groups in total. The Bertz CT molecular complexity index is 580. The van der Waals surface area contributed by atoms with Crippen LogP contribution in [0.3, 0.4) is 0 Å². The Hall–Kier alpha value is -1.43. The summed E-state index contributed by atoms with van der Waals surface area (Å²) < 4.78 is 19.5. The second kappa shape index (κ2) is 7.54. The van der Waals surface area contributed by atoms with Gasteiger partial charge in [0.1, 0.15) is 12.7 Å². The van der Waals surface area contributed by atoms with Crippen LogP contribution in [0, 0.1) is 5.82 Å². The third-order valence-electron chi connectivity index (χ3n) is 3.11. The minimum absolute atomic E-state index is 0.0491. The molecule has 3 nitrogen and oxygen atoms in total. The van der Waals surface area contributed by atoms with Gasteiger partial charge in [-0.3, -0.25) is 0 Å². The Labute approximate surface area is 131 Å². The first kappa shape index (κ1) is 15.9. The highest BCUT2D eigenvalue weighted by Crippen LogP contribution is 2.21. The second-order valence-electron chi connectivity index (χ2n) is 4.81. The molecule has 0 aliphatic heterocycles. The average Bonchev–Trinajstić information content (AvgIpc) is 2.47. The molecule has 2 atom stereocenters. The molecule has 2 unspecified atom stereocenters. The molecule has 2 aromatic carbocycles. The van der Waals surface area contributed by atoms with Gasteiger partial charge in [0.2, 0.25) is 0 Å². The van der Waals surface area contributed by atoms with Crippen molar-refractivity contribution in [3.05, 3.63) is 64.4 Å². The van der Waals surface area contributed by atoms with Gasteiger partial charge in [0, 0.05) is 10.5 Å². The van der Waals surface area contributed by atoms with Crippen molar-refractivity contribution >= 4 is 15.9 Å². The van der Waals surface area contributed by atoms with Crippen molar-refractivity contribution in [2.24, 2.45) is 5.73 Å². The van der Waals surface area contributed by atoms with Crippen molar-refractivity contribution in [1.82, 2.24) is 0 Å². The molecule has 0 heterocycles. The van der Waals surface area contributed by atoms with E-state index in [1.807, 2.05) is 30.3 Å². The quantitative estimate of drug-likeness (QED) is 0.839. The number of hydrogen-bond acceptors (Lipinski definition) is 3. The minimum Gasteiger partial charge on any atom is -0.488 e. The molecule has 2 rings (SSSR count). The highest BCUT2D eigenvalue weighted by molar-refractivity contribution is 9.10. The largest absolute Gasteiger partial charge is 0.488 e. The lowest BCUT2D eigenvalue weighted by atomic mass is 10.0. The molecule has 0 amide bonds. The summed E-state index contributed by atoms with van der Waals surface area (Å²) >= 11 is 3.17. The molecule has 0 saturated carbocycles. The normalized spacial score (nSPS) is 13.7. The monoisotopic (exact) mass is 353 g/mol. The maximum atomic E-state index is 13.6. The molecule has 112 valence electrons. The lowest BCUT2D eigenvalue weighted by molar-refractivity contribution is 0.0833. The topological polar surface area (TPSA) is 55.5 Å². The van der Waals surface area contributed by atoms with Crippen molar-refractivity contribution in [2.75, 3.05) is 6.61 Å². The van der Waals surface area contributed by atoms with Crippen molar-refractivity contribution in [1.29, 1.82) is 0 Å². The standard InChI is InChI=1S/C16H17BrFNO2/c17-12-6-7-16(13(18)9-12)21-10-15(20)14(19)8-11-4-2-1-3-5-11/h1-7,9,14-15,20H,8,10,19H2. The SMILES string of the molecule is NC(Cc1ccccc1)C(O)COc1ccc(Br)cc1F. The van der Waals surface area contributed by atoms with Crippen LogP contribution in [-0.2, 0) is 6.42 Å². The fraction of sp³-hybridized carbons (Fsp3) is 0.250. The maximum Gasteiger partial charge on any atom is 0.166 e. The van der Waals surface area contributed by atoms with E-state index in [1.54, 1.807) is 6.07 Å². The zero-order valence-corrected chi connectivity index (χ0v) is 13.0. The fourth-order valence-electron chi connectivity index (χ4n) is 1.91. The number of ether oxygens (including phenoxy) is 1. The predicted octanol–water partition coefficient (Wildman–Crippen LogP) is 2.90. The summed E-state index contributed by atoms with van der Waals surface area (Å²) in [5, 5.41) is 10.0. The molecule has 0 saturated heterocycles. The molecular formula is C16H17BrFNO2. The minimum atomic E-state index is -0.867. The number of aliphatic hydroxyl groups is 1. The van der Waals surface area contributed by atoms with E-state index in [9.17, 15) is 9.50 Å². The molecule has 0 bridgehead atoms. The Morgan fingerprint density at radius 3 is 2.57 bits per heavy atom. The van der Waals surface area contributed by atoms with Gasteiger partial charge in [0.25, 0.3) is 0 Å². The van der Waals surface area contributed by atoms with E-state index in [0.29, 0.717) is 10.9 Å². The van der Waals surface area contributed by atoms with E-state index in [1.165, 1.54) is 12.1 Å². The Kier molecular flexibility index (Phi) is 5.73.